The number of rotatable bonds is 7. The first kappa shape index (κ1) is 16.4. The minimum atomic E-state index is -1.21. The van der Waals surface area contributed by atoms with Gasteiger partial charge in [0, 0.05) is 21.2 Å². The Balaban J connectivity index is 2.41. The van der Waals surface area contributed by atoms with Gasteiger partial charge in [0.1, 0.15) is 6.04 Å². The lowest BCUT2D eigenvalue weighted by Crippen LogP contribution is -2.46. The number of halogens is 1. The zero-order chi connectivity index (χ0) is 15.1. The Morgan fingerprint density at radius 1 is 1.45 bits per heavy atom. The van der Waals surface area contributed by atoms with Crippen molar-refractivity contribution in [3.8, 4) is 0 Å². The average molecular weight is 364 g/mol. The minimum Gasteiger partial charge on any atom is -0.480 e. The smallest absolute Gasteiger partial charge is 0.326 e. The number of carboxylic acids is 1. The molecule has 1 atom stereocenters. The largest absolute Gasteiger partial charge is 0.480 e. The van der Waals surface area contributed by atoms with Crippen molar-refractivity contribution in [1.82, 2.24) is 10.6 Å². The summed E-state index contributed by atoms with van der Waals surface area (Å²) in [4.78, 5) is 34.1. The molecular formula is C11H14BrN3O4S. The molecule has 3 amide bonds. The number of carboxylic acid groups (broad SMARTS) is 1. The maximum absolute atomic E-state index is 11.6. The zero-order valence-electron chi connectivity index (χ0n) is 10.4. The molecule has 0 aliphatic heterocycles. The average Bonchev–Trinajstić information content (AvgIpc) is 2.77. The molecule has 0 aliphatic rings. The van der Waals surface area contributed by atoms with Crippen molar-refractivity contribution in [3.05, 3.63) is 20.8 Å². The van der Waals surface area contributed by atoms with Crippen LogP contribution in [0.4, 0.5) is 4.79 Å². The first-order valence-corrected chi connectivity index (χ1v) is 7.34. The van der Waals surface area contributed by atoms with Crippen LogP contribution in [0.2, 0.25) is 0 Å². The topological polar surface area (TPSA) is 122 Å². The quantitative estimate of drug-likeness (QED) is 0.577. The Hall–Kier alpha value is -1.61. The van der Waals surface area contributed by atoms with Crippen molar-refractivity contribution in [2.45, 2.75) is 25.4 Å². The molecule has 0 aliphatic carbocycles. The Labute approximate surface area is 127 Å². The number of nitrogens with one attached hydrogen (secondary N) is 2. The van der Waals surface area contributed by atoms with Crippen molar-refractivity contribution in [3.63, 3.8) is 0 Å². The molecule has 0 saturated carbocycles. The highest BCUT2D eigenvalue weighted by atomic mass is 79.9. The third kappa shape index (κ3) is 6.02. The summed E-state index contributed by atoms with van der Waals surface area (Å²) < 4.78 is 0.921. The number of primary amides is 1. The molecule has 0 spiro atoms. The molecule has 0 aromatic carbocycles. The van der Waals surface area contributed by atoms with Crippen LogP contribution in [0.1, 0.15) is 17.7 Å². The molecule has 1 aromatic heterocycles. The van der Waals surface area contributed by atoms with Crippen LogP contribution in [0.5, 0.6) is 0 Å². The predicted octanol–water partition coefficient (Wildman–Crippen LogP) is 1.03. The number of aliphatic carboxylic acids is 1. The van der Waals surface area contributed by atoms with Crippen LogP contribution in [0.25, 0.3) is 0 Å². The normalized spacial score (nSPS) is 11.7. The molecule has 7 nitrogen and oxygen atoms in total. The SMILES string of the molecule is NC(=O)CCC(NC(=O)NCc1cc(Br)cs1)C(=O)O. The van der Waals surface area contributed by atoms with E-state index in [9.17, 15) is 14.4 Å². The second-order valence-electron chi connectivity index (χ2n) is 3.95. The van der Waals surface area contributed by atoms with E-state index in [0.29, 0.717) is 6.54 Å². The van der Waals surface area contributed by atoms with Crippen molar-refractivity contribution >= 4 is 45.2 Å². The van der Waals surface area contributed by atoms with E-state index in [2.05, 4.69) is 26.6 Å². The molecule has 5 N–H and O–H groups in total. The van der Waals surface area contributed by atoms with Gasteiger partial charge >= 0.3 is 12.0 Å². The molecular weight excluding hydrogens is 350 g/mol. The fourth-order valence-electron chi connectivity index (χ4n) is 1.37. The zero-order valence-corrected chi connectivity index (χ0v) is 12.8. The van der Waals surface area contributed by atoms with Crippen LogP contribution in [0.15, 0.2) is 15.9 Å². The summed E-state index contributed by atoms with van der Waals surface area (Å²) in [5.41, 5.74) is 4.95. The van der Waals surface area contributed by atoms with Crippen molar-refractivity contribution in [1.29, 1.82) is 0 Å². The summed E-state index contributed by atoms with van der Waals surface area (Å²) in [6, 6.07) is 0.108. The van der Waals surface area contributed by atoms with E-state index < -0.39 is 23.9 Å². The molecule has 1 unspecified atom stereocenters. The van der Waals surface area contributed by atoms with Gasteiger partial charge in [-0.3, -0.25) is 4.79 Å². The molecule has 9 heteroatoms. The van der Waals surface area contributed by atoms with Gasteiger partial charge in [0.05, 0.1) is 6.54 Å². The number of carbonyl (C=O) groups is 3. The number of carbonyl (C=O) groups excluding carboxylic acids is 2. The fraction of sp³-hybridized carbons (Fsp3) is 0.364. The summed E-state index contributed by atoms with van der Waals surface area (Å²) >= 11 is 4.76. The standard InChI is InChI=1S/C11H14BrN3O4S/c12-6-3-7(20-5-6)4-14-11(19)15-8(10(17)18)1-2-9(13)16/h3,5,8H,1-2,4H2,(H2,13,16)(H,17,18)(H2,14,15,19). The highest BCUT2D eigenvalue weighted by Gasteiger charge is 2.20. The Bertz CT molecular complexity index is 506. The number of nitrogens with two attached hydrogens (primary N) is 1. The fourth-order valence-corrected chi connectivity index (χ4v) is 2.76. The first-order valence-electron chi connectivity index (χ1n) is 5.67. The summed E-state index contributed by atoms with van der Waals surface area (Å²) in [7, 11) is 0. The Morgan fingerprint density at radius 3 is 2.65 bits per heavy atom. The summed E-state index contributed by atoms with van der Waals surface area (Å²) in [6.07, 6.45) is -0.141. The van der Waals surface area contributed by atoms with E-state index in [1.807, 2.05) is 11.4 Å². The van der Waals surface area contributed by atoms with Crippen LogP contribution >= 0.6 is 27.3 Å². The van der Waals surface area contributed by atoms with Gasteiger partial charge in [-0.15, -0.1) is 11.3 Å². The van der Waals surface area contributed by atoms with Crippen LogP contribution in [0.3, 0.4) is 0 Å². The van der Waals surface area contributed by atoms with Crippen LogP contribution < -0.4 is 16.4 Å². The highest BCUT2D eigenvalue weighted by molar-refractivity contribution is 9.10. The van der Waals surface area contributed by atoms with E-state index in [-0.39, 0.29) is 12.8 Å². The molecule has 0 fully saturated rings. The second kappa shape index (κ2) is 7.85. The molecule has 20 heavy (non-hydrogen) atoms. The van der Waals surface area contributed by atoms with Crippen molar-refractivity contribution in [2.24, 2.45) is 5.73 Å². The van der Waals surface area contributed by atoms with Gasteiger partial charge in [-0.05, 0) is 28.4 Å². The monoisotopic (exact) mass is 363 g/mol. The van der Waals surface area contributed by atoms with Gasteiger partial charge in [0.25, 0.3) is 0 Å². The highest BCUT2D eigenvalue weighted by Crippen LogP contribution is 2.19. The molecule has 1 aromatic rings. The lowest BCUT2D eigenvalue weighted by atomic mass is 10.1. The summed E-state index contributed by atoms with van der Waals surface area (Å²) in [5.74, 6) is -1.82. The van der Waals surface area contributed by atoms with Gasteiger partial charge in [0.2, 0.25) is 5.91 Å². The lowest BCUT2D eigenvalue weighted by molar-refractivity contribution is -0.139. The molecule has 1 rings (SSSR count). The van der Waals surface area contributed by atoms with E-state index >= 15 is 0 Å². The summed E-state index contributed by atoms with van der Waals surface area (Å²) in [5, 5.41) is 15.6. The summed E-state index contributed by atoms with van der Waals surface area (Å²) in [6.45, 7) is 0.296. The predicted molar refractivity (Wildman–Crippen MR) is 77.2 cm³/mol. The van der Waals surface area contributed by atoms with Gasteiger partial charge in [-0.2, -0.15) is 0 Å². The second-order valence-corrected chi connectivity index (χ2v) is 5.87. The van der Waals surface area contributed by atoms with Crippen LogP contribution in [0, 0.1) is 0 Å². The van der Waals surface area contributed by atoms with E-state index in [0.717, 1.165) is 9.35 Å². The number of amides is 3. The first-order chi connectivity index (χ1) is 9.38. The Kier molecular flexibility index (Phi) is 6.46. The third-order valence-corrected chi connectivity index (χ3v) is 4.03. The maximum atomic E-state index is 11.6. The lowest BCUT2D eigenvalue weighted by Gasteiger charge is -2.14. The number of hydrogen-bond acceptors (Lipinski definition) is 4. The number of thiophene rings is 1. The van der Waals surface area contributed by atoms with Crippen molar-refractivity contribution < 1.29 is 19.5 Å². The molecule has 1 heterocycles. The van der Waals surface area contributed by atoms with E-state index in [4.69, 9.17) is 10.8 Å². The van der Waals surface area contributed by atoms with Gasteiger partial charge in [-0.25, -0.2) is 9.59 Å². The minimum absolute atomic E-state index is 0.0391. The van der Waals surface area contributed by atoms with Crippen molar-refractivity contribution in [2.75, 3.05) is 0 Å². The maximum Gasteiger partial charge on any atom is 0.326 e. The molecule has 0 saturated heterocycles. The molecule has 0 radical (unpaired) electrons. The van der Waals surface area contributed by atoms with Crippen LogP contribution in [-0.4, -0.2) is 29.1 Å². The third-order valence-electron chi connectivity index (χ3n) is 2.33. The number of hydrogen-bond donors (Lipinski definition) is 4. The number of urea groups is 1. The molecule has 110 valence electrons. The van der Waals surface area contributed by atoms with E-state index in [1.54, 1.807) is 0 Å². The van der Waals surface area contributed by atoms with Crippen LogP contribution in [-0.2, 0) is 16.1 Å². The Morgan fingerprint density at radius 2 is 2.15 bits per heavy atom. The van der Waals surface area contributed by atoms with Gasteiger partial charge < -0.3 is 21.5 Å². The van der Waals surface area contributed by atoms with Gasteiger partial charge in [0.15, 0.2) is 0 Å². The van der Waals surface area contributed by atoms with E-state index in [1.165, 1.54) is 11.3 Å². The molecule has 0 bridgehead atoms. The van der Waals surface area contributed by atoms with Gasteiger partial charge in [-0.1, -0.05) is 0 Å².